The summed E-state index contributed by atoms with van der Waals surface area (Å²) in [5.41, 5.74) is 0.905. The Bertz CT molecular complexity index is 1180. The number of amides is 1. The summed E-state index contributed by atoms with van der Waals surface area (Å²) in [6, 6.07) is 12.3. The molecule has 2 aromatic carbocycles. The number of fused-ring (bicyclic) bond motifs is 1. The number of nitrogens with one attached hydrogen (secondary N) is 2. The molecule has 1 heterocycles. The number of nitrogens with zero attached hydrogens (tertiary/aromatic N) is 1. The summed E-state index contributed by atoms with van der Waals surface area (Å²) in [6.07, 6.45) is 2.32. The molecule has 8 nitrogen and oxygen atoms in total. The summed E-state index contributed by atoms with van der Waals surface area (Å²) in [6.45, 7) is 9.48. The van der Waals surface area contributed by atoms with Crippen molar-refractivity contribution in [3.63, 3.8) is 0 Å². The first kappa shape index (κ1) is 26.5. The van der Waals surface area contributed by atoms with Crippen molar-refractivity contribution >= 4 is 27.5 Å². The minimum atomic E-state index is -3.76. The van der Waals surface area contributed by atoms with E-state index < -0.39 is 15.4 Å². The Morgan fingerprint density at radius 2 is 1.71 bits per heavy atom. The molecule has 2 aromatic rings. The lowest BCUT2D eigenvalue weighted by Crippen LogP contribution is -2.32. The molecule has 0 spiro atoms. The van der Waals surface area contributed by atoms with Crippen LogP contribution in [0.1, 0.15) is 58.9 Å². The molecule has 0 saturated carbocycles. The maximum Gasteiger partial charge on any atom is 0.286 e. The highest BCUT2D eigenvalue weighted by Crippen LogP contribution is 2.32. The molecule has 2 N–H and O–H groups in total. The Kier molecular flexibility index (Phi) is 8.77. The topological polar surface area (TPSA) is 106 Å². The smallest absolute Gasteiger partial charge is 0.286 e. The Morgan fingerprint density at radius 3 is 2.43 bits per heavy atom. The third-order valence-corrected chi connectivity index (χ3v) is 6.75. The highest BCUT2D eigenvalue weighted by atomic mass is 32.2. The predicted molar refractivity (Wildman–Crippen MR) is 138 cm³/mol. The molecule has 1 aliphatic heterocycles. The van der Waals surface area contributed by atoms with E-state index in [2.05, 4.69) is 15.0 Å². The molecular weight excluding hydrogens is 466 g/mol. The molecule has 1 aliphatic rings. The number of sulfonamides is 1. The summed E-state index contributed by atoms with van der Waals surface area (Å²) >= 11 is 0. The Balaban J connectivity index is 1.59. The average Bonchev–Trinajstić information content (AvgIpc) is 2.79. The van der Waals surface area contributed by atoms with Crippen molar-refractivity contribution in [2.45, 2.75) is 64.8 Å². The standard InChI is InChI=1S/C26H35N3O5S/c1-5-13-33-21-12-11-19(15-22(21)34-14-6-2)18-27-25(30)17-26(3,4)16-24-28-20-9-7-8-10-23(20)35(31,32)29-24/h7-12,15H,5-6,13-14,16-18H2,1-4H3,(H,27,30)(H,28,29). The molecule has 0 aromatic heterocycles. The van der Waals surface area contributed by atoms with Gasteiger partial charge in [0.25, 0.3) is 10.0 Å². The van der Waals surface area contributed by atoms with Gasteiger partial charge in [-0.3, -0.25) is 4.79 Å². The second kappa shape index (κ2) is 11.6. The van der Waals surface area contributed by atoms with Crippen LogP contribution in [0.4, 0.5) is 5.69 Å². The largest absolute Gasteiger partial charge is 0.490 e. The van der Waals surface area contributed by atoms with Crippen LogP contribution in [0.5, 0.6) is 11.5 Å². The van der Waals surface area contributed by atoms with Gasteiger partial charge in [0.1, 0.15) is 10.7 Å². The monoisotopic (exact) mass is 501 g/mol. The van der Waals surface area contributed by atoms with Crippen molar-refractivity contribution in [1.82, 2.24) is 5.32 Å². The highest BCUT2D eigenvalue weighted by Gasteiger charge is 2.30. The van der Waals surface area contributed by atoms with E-state index in [9.17, 15) is 13.2 Å². The Hall–Kier alpha value is -3.07. The number of carbonyl (C=O) groups is 1. The van der Waals surface area contributed by atoms with Crippen molar-refractivity contribution in [2.24, 2.45) is 9.81 Å². The van der Waals surface area contributed by atoms with E-state index in [4.69, 9.17) is 9.47 Å². The molecule has 3 rings (SSSR count). The molecule has 0 unspecified atom stereocenters. The van der Waals surface area contributed by atoms with Gasteiger partial charge in [-0.15, -0.1) is 4.40 Å². The van der Waals surface area contributed by atoms with Crippen LogP contribution >= 0.6 is 0 Å². The number of amidine groups is 1. The van der Waals surface area contributed by atoms with Crippen LogP contribution in [0.2, 0.25) is 0 Å². The molecule has 0 bridgehead atoms. The van der Waals surface area contributed by atoms with E-state index in [1.54, 1.807) is 18.2 Å². The van der Waals surface area contributed by atoms with Crippen molar-refractivity contribution in [2.75, 3.05) is 18.5 Å². The van der Waals surface area contributed by atoms with E-state index in [0.29, 0.717) is 49.2 Å². The summed E-state index contributed by atoms with van der Waals surface area (Å²) in [5, 5.41) is 6.05. The summed E-state index contributed by atoms with van der Waals surface area (Å²) in [4.78, 5) is 12.9. The summed E-state index contributed by atoms with van der Waals surface area (Å²) in [5.74, 6) is 1.59. The maximum absolute atomic E-state index is 12.7. The minimum Gasteiger partial charge on any atom is -0.490 e. The number of ether oxygens (including phenoxy) is 2. The van der Waals surface area contributed by atoms with Gasteiger partial charge in [0, 0.05) is 19.4 Å². The molecular formula is C26H35N3O5S. The van der Waals surface area contributed by atoms with Crippen molar-refractivity contribution in [3.05, 3.63) is 48.0 Å². The van der Waals surface area contributed by atoms with Gasteiger partial charge >= 0.3 is 0 Å². The minimum absolute atomic E-state index is 0.128. The van der Waals surface area contributed by atoms with Crippen LogP contribution in [-0.4, -0.2) is 33.4 Å². The predicted octanol–water partition coefficient (Wildman–Crippen LogP) is 4.90. The number of hydrogen-bond acceptors (Lipinski definition) is 6. The number of hydrogen-bond donors (Lipinski definition) is 2. The molecule has 35 heavy (non-hydrogen) atoms. The zero-order valence-corrected chi connectivity index (χ0v) is 21.7. The van der Waals surface area contributed by atoms with Crippen molar-refractivity contribution < 1.29 is 22.7 Å². The quantitative estimate of drug-likeness (QED) is 0.429. The second-order valence-electron chi connectivity index (χ2n) is 9.41. The zero-order valence-electron chi connectivity index (χ0n) is 20.9. The first-order valence-electron chi connectivity index (χ1n) is 12.0. The lowest BCUT2D eigenvalue weighted by atomic mass is 9.84. The third-order valence-electron chi connectivity index (χ3n) is 5.38. The second-order valence-corrected chi connectivity index (χ2v) is 11.0. The number of carbonyl (C=O) groups excluding carboxylic acids is 1. The van der Waals surface area contributed by atoms with Crippen LogP contribution in [0.15, 0.2) is 51.8 Å². The molecule has 1 amide bonds. The molecule has 0 aliphatic carbocycles. The number of rotatable bonds is 12. The van der Waals surface area contributed by atoms with E-state index >= 15 is 0 Å². The van der Waals surface area contributed by atoms with Crippen LogP contribution in [0.25, 0.3) is 0 Å². The third kappa shape index (κ3) is 7.45. The summed E-state index contributed by atoms with van der Waals surface area (Å²) < 4.78 is 40.5. The van der Waals surface area contributed by atoms with Gasteiger partial charge in [0.15, 0.2) is 11.5 Å². The first-order valence-corrected chi connectivity index (χ1v) is 13.4. The van der Waals surface area contributed by atoms with Gasteiger partial charge in [-0.2, -0.15) is 8.42 Å². The van der Waals surface area contributed by atoms with E-state index in [1.807, 2.05) is 45.9 Å². The molecule has 0 atom stereocenters. The van der Waals surface area contributed by atoms with Crippen molar-refractivity contribution in [1.29, 1.82) is 0 Å². The highest BCUT2D eigenvalue weighted by molar-refractivity contribution is 7.90. The van der Waals surface area contributed by atoms with Gasteiger partial charge in [0.2, 0.25) is 5.91 Å². The van der Waals surface area contributed by atoms with Crippen LogP contribution in [0, 0.1) is 5.41 Å². The number of para-hydroxylation sites is 1. The fourth-order valence-electron chi connectivity index (χ4n) is 3.78. The van der Waals surface area contributed by atoms with Crippen LogP contribution < -0.4 is 20.1 Å². The molecule has 190 valence electrons. The van der Waals surface area contributed by atoms with Crippen molar-refractivity contribution in [3.8, 4) is 11.5 Å². The Morgan fingerprint density at radius 1 is 1.03 bits per heavy atom. The SMILES string of the molecule is CCCOc1ccc(CNC(=O)CC(C)(C)CC2=NS(=O)(=O)c3ccccc3N2)cc1OCCC. The van der Waals surface area contributed by atoms with E-state index in [1.165, 1.54) is 6.07 Å². The van der Waals surface area contributed by atoms with Gasteiger partial charge in [-0.1, -0.05) is 45.9 Å². The maximum atomic E-state index is 12.7. The van der Waals surface area contributed by atoms with Gasteiger partial charge < -0.3 is 20.1 Å². The van der Waals surface area contributed by atoms with E-state index in [0.717, 1.165) is 18.4 Å². The molecule has 0 fully saturated rings. The van der Waals surface area contributed by atoms with Crippen LogP contribution in [-0.2, 0) is 21.4 Å². The van der Waals surface area contributed by atoms with E-state index in [-0.39, 0.29) is 17.2 Å². The lowest BCUT2D eigenvalue weighted by molar-refractivity contribution is -0.123. The fraction of sp³-hybridized carbons (Fsp3) is 0.462. The zero-order chi connectivity index (χ0) is 25.5. The molecule has 0 saturated heterocycles. The van der Waals surface area contributed by atoms with Gasteiger partial charge in [-0.05, 0) is 48.1 Å². The molecule has 0 radical (unpaired) electrons. The number of anilines is 1. The summed E-state index contributed by atoms with van der Waals surface area (Å²) in [7, 11) is -3.76. The van der Waals surface area contributed by atoms with Gasteiger partial charge in [-0.25, -0.2) is 0 Å². The fourth-order valence-corrected chi connectivity index (χ4v) is 4.92. The number of benzene rings is 2. The normalized spacial score (nSPS) is 14.3. The lowest BCUT2D eigenvalue weighted by Gasteiger charge is -2.27. The Labute approximate surface area is 208 Å². The molecule has 9 heteroatoms. The van der Waals surface area contributed by atoms with Crippen LogP contribution in [0.3, 0.4) is 0 Å². The average molecular weight is 502 g/mol. The van der Waals surface area contributed by atoms with Gasteiger partial charge in [0.05, 0.1) is 18.9 Å². The first-order chi connectivity index (χ1) is 16.6.